The number of hydrogen-bond donors (Lipinski definition) is 1. The number of hydrogen-bond acceptors (Lipinski definition) is 3. The molecule has 0 atom stereocenters. The van der Waals surface area contributed by atoms with Crippen molar-refractivity contribution in [3.63, 3.8) is 0 Å². The molecule has 2 heterocycles. The molecule has 0 spiro atoms. The van der Waals surface area contributed by atoms with Crippen molar-refractivity contribution in [2.24, 2.45) is 0 Å². The molecule has 5 nitrogen and oxygen atoms in total. The highest BCUT2D eigenvalue weighted by molar-refractivity contribution is 5.78. The lowest BCUT2D eigenvalue weighted by Gasteiger charge is -2.09. The molecule has 0 aliphatic carbocycles. The predicted molar refractivity (Wildman–Crippen MR) is 88.6 cm³/mol. The number of aromatic nitrogens is 3. The molecule has 122 valence electrons. The fraction of sp³-hybridized carbons (Fsp3) is 0.167. The van der Waals surface area contributed by atoms with Gasteiger partial charge in [0.05, 0.1) is 6.42 Å². The minimum absolute atomic E-state index is 0.0962. The van der Waals surface area contributed by atoms with Crippen molar-refractivity contribution in [3.05, 3.63) is 72.4 Å². The maximum absolute atomic E-state index is 12.8. The van der Waals surface area contributed by atoms with Gasteiger partial charge in [-0.2, -0.15) is 0 Å². The van der Waals surface area contributed by atoms with Crippen LogP contribution in [0, 0.1) is 5.82 Å². The first-order valence-electron chi connectivity index (χ1n) is 7.66. The third-order valence-electron chi connectivity index (χ3n) is 3.56. The highest BCUT2D eigenvalue weighted by Gasteiger charge is 2.07. The first-order chi connectivity index (χ1) is 11.7. The zero-order chi connectivity index (χ0) is 16.8. The molecule has 0 radical (unpaired) electrons. The Bertz CT molecular complexity index is 799. The lowest BCUT2D eigenvalue weighted by atomic mass is 10.1. The SMILES string of the molecule is O=C(Cc1ccc(F)cc1)NCCn1ccnc1-c1ccccn1. The molecule has 1 N–H and O–H groups in total. The Morgan fingerprint density at radius 2 is 1.92 bits per heavy atom. The second-order valence-corrected chi connectivity index (χ2v) is 5.31. The van der Waals surface area contributed by atoms with E-state index < -0.39 is 0 Å². The van der Waals surface area contributed by atoms with Gasteiger partial charge < -0.3 is 9.88 Å². The van der Waals surface area contributed by atoms with Gasteiger partial charge >= 0.3 is 0 Å². The highest BCUT2D eigenvalue weighted by atomic mass is 19.1. The fourth-order valence-corrected chi connectivity index (χ4v) is 2.38. The summed E-state index contributed by atoms with van der Waals surface area (Å²) in [4.78, 5) is 20.5. The van der Waals surface area contributed by atoms with E-state index in [9.17, 15) is 9.18 Å². The molecule has 0 unspecified atom stereocenters. The van der Waals surface area contributed by atoms with Gasteiger partial charge in [-0.25, -0.2) is 9.37 Å². The van der Waals surface area contributed by atoms with Crippen molar-refractivity contribution in [2.45, 2.75) is 13.0 Å². The Morgan fingerprint density at radius 3 is 2.67 bits per heavy atom. The third-order valence-corrected chi connectivity index (χ3v) is 3.56. The molecule has 0 saturated carbocycles. The van der Waals surface area contributed by atoms with Crippen LogP contribution in [-0.2, 0) is 17.8 Å². The lowest BCUT2D eigenvalue weighted by Crippen LogP contribution is -2.28. The first kappa shape index (κ1) is 15.9. The van der Waals surface area contributed by atoms with E-state index in [-0.39, 0.29) is 18.1 Å². The Labute approximate surface area is 139 Å². The van der Waals surface area contributed by atoms with Gasteiger partial charge in [0, 0.05) is 31.7 Å². The molecule has 1 amide bonds. The maximum Gasteiger partial charge on any atom is 0.224 e. The monoisotopic (exact) mass is 324 g/mol. The van der Waals surface area contributed by atoms with Crippen LogP contribution in [0.15, 0.2) is 61.1 Å². The summed E-state index contributed by atoms with van der Waals surface area (Å²) in [5.41, 5.74) is 1.57. The van der Waals surface area contributed by atoms with E-state index in [1.54, 1.807) is 24.5 Å². The summed E-state index contributed by atoms with van der Waals surface area (Å²) < 4.78 is 14.8. The minimum atomic E-state index is -0.304. The van der Waals surface area contributed by atoms with Gasteiger partial charge in [0.2, 0.25) is 5.91 Å². The summed E-state index contributed by atoms with van der Waals surface area (Å²) in [7, 11) is 0. The van der Waals surface area contributed by atoms with Gasteiger partial charge in [-0.1, -0.05) is 18.2 Å². The molecule has 0 aliphatic rings. The highest BCUT2D eigenvalue weighted by Crippen LogP contribution is 2.13. The number of nitrogens with zero attached hydrogens (tertiary/aromatic N) is 3. The number of imidazole rings is 1. The fourth-order valence-electron chi connectivity index (χ4n) is 2.38. The zero-order valence-corrected chi connectivity index (χ0v) is 13.0. The third kappa shape index (κ3) is 4.04. The zero-order valence-electron chi connectivity index (χ0n) is 13.0. The molecule has 2 aromatic heterocycles. The maximum atomic E-state index is 12.8. The van der Waals surface area contributed by atoms with E-state index in [1.165, 1.54) is 12.1 Å². The van der Waals surface area contributed by atoms with Crippen molar-refractivity contribution in [3.8, 4) is 11.5 Å². The van der Waals surface area contributed by atoms with Crippen LogP contribution < -0.4 is 5.32 Å². The summed E-state index contributed by atoms with van der Waals surface area (Å²) in [6.45, 7) is 1.08. The Balaban J connectivity index is 1.53. The number of amides is 1. The summed E-state index contributed by atoms with van der Waals surface area (Å²) in [5.74, 6) is 0.366. The number of pyridine rings is 1. The number of rotatable bonds is 6. The molecule has 0 saturated heterocycles. The summed E-state index contributed by atoms with van der Waals surface area (Å²) in [6, 6.07) is 11.6. The van der Waals surface area contributed by atoms with Gasteiger partial charge in [-0.3, -0.25) is 9.78 Å². The molecule has 6 heteroatoms. The normalized spacial score (nSPS) is 10.5. The van der Waals surface area contributed by atoms with Crippen LogP contribution in [0.2, 0.25) is 0 Å². The van der Waals surface area contributed by atoms with Gasteiger partial charge in [0.15, 0.2) is 5.82 Å². The number of benzene rings is 1. The second kappa shape index (κ2) is 7.50. The van der Waals surface area contributed by atoms with Crippen molar-refractivity contribution >= 4 is 5.91 Å². The van der Waals surface area contributed by atoms with Crippen LogP contribution in [-0.4, -0.2) is 27.0 Å². The van der Waals surface area contributed by atoms with Crippen molar-refractivity contribution in [1.82, 2.24) is 19.9 Å². The first-order valence-corrected chi connectivity index (χ1v) is 7.66. The van der Waals surface area contributed by atoms with Crippen molar-refractivity contribution in [2.75, 3.05) is 6.54 Å². The van der Waals surface area contributed by atoms with Crippen molar-refractivity contribution < 1.29 is 9.18 Å². The molecule has 3 aromatic rings. The van der Waals surface area contributed by atoms with Gasteiger partial charge in [0.1, 0.15) is 11.5 Å². The van der Waals surface area contributed by atoms with Crippen LogP contribution in [0.25, 0.3) is 11.5 Å². The molecule has 0 aliphatic heterocycles. The molecular weight excluding hydrogens is 307 g/mol. The average Bonchev–Trinajstić information content (AvgIpc) is 3.06. The van der Waals surface area contributed by atoms with Crippen LogP contribution in [0.1, 0.15) is 5.56 Å². The molecule has 1 aromatic carbocycles. The number of carbonyl (C=O) groups is 1. The number of carbonyl (C=O) groups excluding carboxylic acids is 1. The van der Waals surface area contributed by atoms with Gasteiger partial charge in [-0.05, 0) is 29.8 Å². The molecule has 24 heavy (non-hydrogen) atoms. The van der Waals surface area contributed by atoms with E-state index in [1.807, 2.05) is 29.0 Å². The topological polar surface area (TPSA) is 59.8 Å². The Kier molecular flexibility index (Phi) is 4.96. The molecular formula is C18H17FN4O. The van der Waals surface area contributed by atoms with E-state index in [2.05, 4.69) is 15.3 Å². The molecule has 3 rings (SSSR count). The average molecular weight is 324 g/mol. The standard InChI is InChI=1S/C18H17FN4O/c19-15-6-4-14(5-7-15)13-17(24)21-9-11-23-12-10-22-18(23)16-3-1-2-8-20-16/h1-8,10,12H,9,11,13H2,(H,21,24). The number of halogens is 1. The van der Waals surface area contributed by atoms with Crippen LogP contribution in [0.3, 0.4) is 0 Å². The Morgan fingerprint density at radius 1 is 1.08 bits per heavy atom. The second-order valence-electron chi connectivity index (χ2n) is 5.31. The summed E-state index contributed by atoms with van der Waals surface area (Å²) >= 11 is 0. The lowest BCUT2D eigenvalue weighted by molar-refractivity contribution is -0.120. The minimum Gasteiger partial charge on any atom is -0.354 e. The smallest absolute Gasteiger partial charge is 0.224 e. The van der Waals surface area contributed by atoms with Crippen LogP contribution in [0.4, 0.5) is 4.39 Å². The van der Waals surface area contributed by atoms with E-state index in [4.69, 9.17) is 0 Å². The van der Waals surface area contributed by atoms with E-state index >= 15 is 0 Å². The summed E-state index contributed by atoms with van der Waals surface area (Å²) in [5, 5.41) is 2.86. The van der Waals surface area contributed by atoms with E-state index in [0.29, 0.717) is 13.1 Å². The largest absolute Gasteiger partial charge is 0.354 e. The van der Waals surface area contributed by atoms with Crippen LogP contribution >= 0.6 is 0 Å². The molecule has 0 bridgehead atoms. The van der Waals surface area contributed by atoms with Crippen LogP contribution in [0.5, 0.6) is 0 Å². The summed E-state index contributed by atoms with van der Waals surface area (Å²) in [6.07, 6.45) is 5.52. The van der Waals surface area contributed by atoms with Gasteiger partial charge in [-0.15, -0.1) is 0 Å². The quantitative estimate of drug-likeness (QED) is 0.757. The van der Waals surface area contributed by atoms with Crippen molar-refractivity contribution in [1.29, 1.82) is 0 Å². The Hall–Kier alpha value is -3.02. The molecule has 0 fully saturated rings. The van der Waals surface area contributed by atoms with E-state index in [0.717, 1.165) is 17.1 Å². The predicted octanol–water partition coefficient (Wildman–Crippen LogP) is 2.44. The number of nitrogens with one attached hydrogen (secondary N) is 1. The van der Waals surface area contributed by atoms with Gasteiger partial charge in [0.25, 0.3) is 0 Å².